The van der Waals surface area contributed by atoms with Crippen molar-refractivity contribution >= 4 is 11.9 Å². The molecule has 1 N–H and O–H groups in total. The Balaban J connectivity index is 2.54. The second kappa shape index (κ2) is 6.70. The van der Waals surface area contributed by atoms with Crippen molar-refractivity contribution < 1.29 is 19.1 Å². The Bertz CT molecular complexity index is 417. The molecule has 1 heterocycles. The molecule has 0 radical (unpaired) electrons. The van der Waals surface area contributed by atoms with Crippen LogP contribution in [0.15, 0.2) is 18.3 Å². The number of ether oxygens (including phenoxy) is 2. The van der Waals surface area contributed by atoms with Gasteiger partial charge in [-0.3, -0.25) is 15.1 Å². The van der Waals surface area contributed by atoms with Crippen LogP contribution in [0.4, 0.5) is 0 Å². The fourth-order valence-electron chi connectivity index (χ4n) is 1.29. The van der Waals surface area contributed by atoms with Gasteiger partial charge in [0, 0.05) is 12.7 Å². The van der Waals surface area contributed by atoms with E-state index in [9.17, 15) is 9.59 Å². The van der Waals surface area contributed by atoms with Gasteiger partial charge < -0.3 is 9.47 Å². The Morgan fingerprint density at radius 2 is 2.06 bits per heavy atom. The molecule has 0 aliphatic heterocycles. The minimum atomic E-state index is -0.426. The largest absolute Gasteiger partial charge is 0.468 e. The molecule has 0 saturated carbocycles. The minimum Gasteiger partial charge on any atom is -0.468 e. The lowest BCUT2D eigenvalue weighted by Crippen LogP contribution is -2.34. The zero-order valence-corrected chi connectivity index (χ0v) is 10.6. The van der Waals surface area contributed by atoms with Crippen molar-refractivity contribution in [3.05, 3.63) is 29.6 Å². The standard InChI is InChI=1S/C12H16N2O4/c1-8(11(15)17-2)13-7-10-5-4-9(6-14-10)12(16)18-3/h4-6,8,13H,7H2,1-3H3. The van der Waals surface area contributed by atoms with Crippen LogP contribution < -0.4 is 5.32 Å². The number of pyridine rings is 1. The Hall–Kier alpha value is -1.95. The fourth-order valence-corrected chi connectivity index (χ4v) is 1.29. The molecule has 1 atom stereocenters. The Kier molecular flexibility index (Phi) is 5.26. The summed E-state index contributed by atoms with van der Waals surface area (Å²) in [7, 11) is 2.65. The molecule has 0 fully saturated rings. The number of rotatable bonds is 5. The van der Waals surface area contributed by atoms with Crippen molar-refractivity contribution in [1.82, 2.24) is 10.3 Å². The van der Waals surface area contributed by atoms with Crippen LogP contribution in [0.2, 0.25) is 0 Å². The highest BCUT2D eigenvalue weighted by Gasteiger charge is 2.12. The van der Waals surface area contributed by atoms with E-state index in [-0.39, 0.29) is 5.97 Å². The summed E-state index contributed by atoms with van der Waals surface area (Å²) < 4.78 is 9.15. The van der Waals surface area contributed by atoms with E-state index < -0.39 is 12.0 Å². The van der Waals surface area contributed by atoms with Crippen LogP contribution in [0.25, 0.3) is 0 Å². The van der Waals surface area contributed by atoms with E-state index in [4.69, 9.17) is 0 Å². The summed E-state index contributed by atoms with van der Waals surface area (Å²) in [5, 5.41) is 2.96. The molecule has 0 aliphatic carbocycles. The first-order valence-electron chi connectivity index (χ1n) is 5.43. The highest BCUT2D eigenvalue weighted by atomic mass is 16.5. The normalized spacial score (nSPS) is 11.7. The van der Waals surface area contributed by atoms with E-state index in [1.54, 1.807) is 19.1 Å². The van der Waals surface area contributed by atoms with Crippen molar-refractivity contribution in [2.75, 3.05) is 14.2 Å². The van der Waals surface area contributed by atoms with Gasteiger partial charge in [-0.1, -0.05) is 0 Å². The molecule has 1 rings (SSSR count). The van der Waals surface area contributed by atoms with Gasteiger partial charge in [0.1, 0.15) is 6.04 Å². The average molecular weight is 252 g/mol. The van der Waals surface area contributed by atoms with Crippen molar-refractivity contribution in [3.8, 4) is 0 Å². The van der Waals surface area contributed by atoms with Crippen LogP contribution in [-0.2, 0) is 20.8 Å². The second-order valence-corrected chi connectivity index (χ2v) is 3.66. The van der Waals surface area contributed by atoms with E-state index in [0.717, 1.165) is 5.69 Å². The summed E-state index contributed by atoms with van der Waals surface area (Å²) >= 11 is 0. The maximum Gasteiger partial charge on any atom is 0.339 e. The molecule has 0 aliphatic rings. The maximum atomic E-state index is 11.2. The molecule has 1 unspecified atom stereocenters. The first-order valence-corrected chi connectivity index (χ1v) is 5.43. The molecule has 0 spiro atoms. The topological polar surface area (TPSA) is 77.5 Å². The number of hydrogen-bond donors (Lipinski definition) is 1. The van der Waals surface area contributed by atoms with Gasteiger partial charge in [-0.25, -0.2) is 4.79 Å². The van der Waals surface area contributed by atoms with Gasteiger partial charge in [0.25, 0.3) is 0 Å². The number of hydrogen-bond acceptors (Lipinski definition) is 6. The third-order valence-corrected chi connectivity index (χ3v) is 2.39. The summed E-state index contributed by atoms with van der Waals surface area (Å²) in [6, 6.07) is 2.92. The molecule has 1 aromatic rings. The molecule has 98 valence electrons. The Morgan fingerprint density at radius 1 is 1.33 bits per heavy atom. The maximum absolute atomic E-state index is 11.2. The zero-order valence-electron chi connectivity index (χ0n) is 10.6. The summed E-state index contributed by atoms with van der Waals surface area (Å²) in [4.78, 5) is 26.4. The number of nitrogens with zero attached hydrogens (tertiary/aromatic N) is 1. The third kappa shape index (κ3) is 3.81. The lowest BCUT2D eigenvalue weighted by atomic mass is 10.2. The molecule has 0 amide bonds. The van der Waals surface area contributed by atoms with Gasteiger partial charge in [0.15, 0.2) is 0 Å². The number of aromatic nitrogens is 1. The molecule has 0 bridgehead atoms. The van der Waals surface area contributed by atoms with Gasteiger partial charge in [0.05, 0.1) is 25.5 Å². The van der Waals surface area contributed by atoms with E-state index >= 15 is 0 Å². The quantitative estimate of drug-likeness (QED) is 0.770. The first-order chi connectivity index (χ1) is 8.58. The van der Waals surface area contributed by atoms with Crippen LogP contribution in [-0.4, -0.2) is 37.2 Å². The monoisotopic (exact) mass is 252 g/mol. The number of carbonyl (C=O) groups is 2. The first kappa shape index (κ1) is 14.1. The third-order valence-electron chi connectivity index (χ3n) is 2.39. The number of methoxy groups -OCH3 is 2. The summed E-state index contributed by atoms with van der Waals surface area (Å²) in [5.41, 5.74) is 1.11. The molecule has 1 aromatic heterocycles. The van der Waals surface area contributed by atoms with Crippen LogP contribution >= 0.6 is 0 Å². The molecular weight excluding hydrogens is 236 g/mol. The zero-order chi connectivity index (χ0) is 13.5. The van der Waals surface area contributed by atoms with E-state index in [2.05, 4.69) is 19.8 Å². The Labute approximate surface area is 105 Å². The van der Waals surface area contributed by atoms with Crippen molar-refractivity contribution in [1.29, 1.82) is 0 Å². The van der Waals surface area contributed by atoms with Gasteiger partial charge in [-0.05, 0) is 19.1 Å². The van der Waals surface area contributed by atoms with Crippen molar-refractivity contribution in [2.24, 2.45) is 0 Å². The predicted octanol–water partition coefficient (Wildman–Crippen LogP) is 0.519. The molecule has 6 nitrogen and oxygen atoms in total. The minimum absolute atomic E-state index is 0.332. The number of esters is 2. The molecule has 18 heavy (non-hydrogen) atoms. The summed E-state index contributed by atoms with van der Waals surface area (Å²) in [6.07, 6.45) is 1.44. The summed E-state index contributed by atoms with van der Waals surface area (Å²) in [6.45, 7) is 2.12. The van der Waals surface area contributed by atoms with Crippen LogP contribution in [0.5, 0.6) is 0 Å². The SMILES string of the molecule is COC(=O)c1ccc(CNC(C)C(=O)OC)nc1. The van der Waals surface area contributed by atoms with Crippen LogP contribution in [0.1, 0.15) is 23.0 Å². The van der Waals surface area contributed by atoms with E-state index in [0.29, 0.717) is 12.1 Å². The lowest BCUT2D eigenvalue weighted by Gasteiger charge is -2.10. The second-order valence-electron chi connectivity index (χ2n) is 3.66. The van der Waals surface area contributed by atoms with E-state index in [1.165, 1.54) is 20.4 Å². The Morgan fingerprint density at radius 3 is 2.56 bits per heavy atom. The van der Waals surface area contributed by atoms with Gasteiger partial charge in [-0.15, -0.1) is 0 Å². The number of nitrogens with one attached hydrogen (secondary N) is 1. The molecule has 6 heteroatoms. The molecule has 0 saturated heterocycles. The highest BCUT2D eigenvalue weighted by Crippen LogP contribution is 2.02. The predicted molar refractivity (Wildman–Crippen MR) is 63.9 cm³/mol. The van der Waals surface area contributed by atoms with Gasteiger partial charge >= 0.3 is 11.9 Å². The van der Waals surface area contributed by atoms with Crippen LogP contribution in [0, 0.1) is 0 Å². The molecular formula is C12H16N2O4. The van der Waals surface area contributed by atoms with Gasteiger partial charge in [0.2, 0.25) is 0 Å². The average Bonchev–Trinajstić information content (AvgIpc) is 2.43. The van der Waals surface area contributed by atoms with E-state index in [1.807, 2.05) is 0 Å². The number of carbonyl (C=O) groups excluding carboxylic acids is 2. The van der Waals surface area contributed by atoms with Crippen LogP contribution in [0.3, 0.4) is 0 Å². The van der Waals surface area contributed by atoms with Crippen molar-refractivity contribution in [3.63, 3.8) is 0 Å². The molecule has 0 aromatic carbocycles. The smallest absolute Gasteiger partial charge is 0.339 e. The fraction of sp³-hybridized carbons (Fsp3) is 0.417. The highest BCUT2D eigenvalue weighted by molar-refractivity contribution is 5.88. The van der Waals surface area contributed by atoms with Crippen molar-refractivity contribution in [2.45, 2.75) is 19.5 Å². The lowest BCUT2D eigenvalue weighted by molar-refractivity contribution is -0.142. The van der Waals surface area contributed by atoms with Gasteiger partial charge in [-0.2, -0.15) is 0 Å². The summed E-state index contributed by atoms with van der Waals surface area (Å²) in [5.74, 6) is -0.758.